The number of phenolic OH excluding ortho intramolecular Hbond substituents is 1. The Kier molecular flexibility index (Phi) is 4.91. The normalized spacial score (nSPS) is 24.7. The van der Waals surface area contributed by atoms with Gasteiger partial charge in [-0.1, -0.05) is 60.7 Å². The molecule has 5 rings (SSSR count). The number of imide groups is 1. The molecule has 1 fully saturated rings. The molecular formula is C27H21ClFNO3. The summed E-state index contributed by atoms with van der Waals surface area (Å²) in [6.45, 7) is 5.77. The van der Waals surface area contributed by atoms with Crippen molar-refractivity contribution in [2.45, 2.75) is 19.3 Å². The van der Waals surface area contributed by atoms with Gasteiger partial charge in [0.25, 0.3) is 0 Å². The number of allylic oxidation sites excluding steroid dienone is 3. The Hall–Kier alpha value is -3.44. The van der Waals surface area contributed by atoms with Crippen molar-refractivity contribution in [3.63, 3.8) is 0 Å². The van der Waals surface area contributed by atoms with Gasteiger partial charge in [0.1, 0.15) is 11.6 Å². The summed E-state index contributed by atoms with van der Waals surface area (Å²) in [6, 6.07) is 14.7. The van der Waals surface area contributed by atoms with Crippen molar-refractivity contribution in [2.24, 2.45) is 11.3 Å². The van der Waals surface area contributed by atoms with E-state index < -0.39 is 23.1 Å². The van der Waals surface area contributed by atoms with Crippen molar-refractivity contribution in [2.75, 3.05) is 4.90 Å². The minimum atomic E-state index is -1.10. The molecule has 3 atom stereocenters. The number of hydrogen-bond acceptors (Lipinski definition) is 3. The lowest BCUT2D eigenvalue weighted by atomic mass is 9.59. The molecule has 166 valence electrons. The molecule has 3 aromatic carbocycles. The first-order valence-corrected chi connectivity index (χ1v) is 11.0. The highest BCUT2D eigenvalue weighted by molar-refractivity contribution is 6.31. The van der Waals surface area contributed by atoms with E-state index in [1.807, 2.05) is 43.3 Å². The van der Waals surface area contributed by atoms with Crippen molar-refractivity contribution in [3.8, 4) is 5.75 Å². The summed E-state index contributed by atoms with van der Waals surface area (Å²) in [5.41, 5.74) is 0.837. The van der Waals surface area contributed by atoms with Crippen LogP contribution >= 0.6 is 11.6 Å². The summed E-state index contributed by atoms with van der Waals surface area (Å²) >= 11 is 5.95. The number of nitrogens with zero attached hydrogens (tertiary/aromatic N) is 1. The summed E-state index contributed by atoms with van der Waals surface area (Å²) in [4.78, 5) is 28.6. The lowest BCUT2D eigenvalue weighted by Crippen LogP contribution is -2.41. The van der Waals surface area contributed by atoms with E-state index in [9.17, 15) is 19.1 Å². The second-order valence-corrected chi connectivity index (χ2v) is 9.12. The molecule has 1 N–H and O–H groups in total. The number of rotatable bonds is 3. The van der Waals surface area contributed by atoms with Crippen LogP contribution in [0.1, 0.15) is 24.8 Å². The maximum atomic E-state index is 14.0. The number of carbonyl (C=O) groups is 2. The first-order valence-electron chi connectivity index (χ1n) is 10.7. The standard InChI is InChI=1S/C27H21ClFNO3/c1-3-15-8-11-20-25(32)30(16-9-12-22(29)21(28)14-16)26(33)27(20,2)24(15)19-10-13-23(31)18-7-5-4-6-17(18)19/h3-10,12-14,20,24,31H,1,11H2,2H3/t20-,24+,27+/m0/s1. The Balaban J connectivity index is 1.72. The molecule has 6 heteroatoms. The van der Waals surface area contributed by atoms with Crippen molar-refractivity contribution in [3.05, 3.63) is 95.3 Å². The second-order valence-electron chi connectivity index (χ2n) is 8.71. The van der Waals surface area contributed by atoms with E-state index in [0.29, 0.717) is 11.8 Å². The van der Waals surface area contributed by atoms with Gasteiger partial charge in [-0.2, -0.15) is 0 Å². The Morgan fingerprint density at radius 2 is 1.88 bits per heavy atom. The fourth-order valence-electron chi connectivity index (χ4n) is 5.42. The van der Waals surface area contributed by atoms with Gasteiger partial charge in [0.15, 0.2) is 0 Å². The molecule has 0 bridgehead atoms. The van der Waals surface area contributed by atoms with E-state index in [1.165, 1.54) is 12.1 Å². The summed E-state index contributed by atoms with van der Waals surface area (Å²) in [7, 11) is 0. The fraction of sp³-hybridized carbons (Fsp3) is 0.185. The lowest BCUT2D eigenvalue weighted by Gasteiger charge is -2.40. The van der Waals surface area contributed by atoms with E-state index in [0.717, 1.165) is 27.5 Å². The first kappa shape index (κ1) is 21.4. The summed E-state index contributed by atoms with van der Waals surface area (Å²) in [5, 5.41) is 11.7. The minimum absolute atomic E-state index is 0.146. The van der Waals surface area contributed by atoms with E-state index in [4.69, 9.17) is 11.6 Å². The van der Waals surface area contributed by atoms with E-state index in [-0.39, 0.29) is 28.3 Å². The molecule has 1 saturated heterocycles. The Labute approximate surface area is 195 Å². The van der Waals surface area contributed by atoms with E-state index >= 15 is 0 Å². The zero-order chi connectivity index (χ0) is 23.5. The van der Waals surface area contributed by atoms with Gasteiger partial charge >= 0.3 is 0 Å². The third-order valence-corrected chi connectivity index (χ3v) is 7.36. The molecule has 0 unspecified atom stereocenters. The van der Waals surface area contributed by atoms with Gasteiger partial charge in [-0.05, 0) is 54.1 Å². The summed E-state index contributed by atoms with van der Waals surface area (Å²) in [6.07, 6.45) is 4.07. The molecule has 4 nitrogen and oxygen atoms in total. The van der Waals surface area contributed by atoms with Gasteiger partial charge in [0.05, 0.1) is 22.0 Å². The predicted molar refractivity (Wildman–Crippen MR) is 127 cm³/mol. The molecular weight excluding hydrogens is 441 g/mol. The van der Waals surface area contributed by atoms with Crippen LogP contribution in [0, 0.1) is 17.2 Å². The summed E-state index contributed by atoms with van der Waals surface area (Å²) in [5.74, 6) is -2.24. The van der Waals surface area contributed by atoms with Crippen LogP contribution in [0.4, 0.5) is 10.1 Å². The maximum absolute atomic E-state index is 14.0. The Morgan fingerprint density at radius 3 is 2.58 bits per heavy atom. The highest BCUT2D eigenvalue weighted by Crippen LogP contribution is 2.57. The smallest absolute Gasteiger partial charge is 0.241 e. The molecule has 2 amide bonds. The fourth-order valence-corrected chi connectivity index (χ4v) is 5.60. The molecule has 33 heavy (non-hydrogen) atoms. The number of hydrogen-bond donors (Lipinski definition) is 1. The zero-order valence-electron chi connectivity index (χ0n) is 17.9. The van der Waals surface area contributed by atoms with Crippen LogP contribution in [-0.4, -0.2) is 16.9 Å². The average molecular weight is 462 g/mol. The molecule has 0 radical (unpaired) electrons. The quantitative estimate of drug-likeness (QED) is 0.477. The van der Waals surface area contributed by atoms with Crippen molar-refractivity contribution in [1.82, 2.24) is 0 Å². The van der Waals surface area contributed by atoms with Crippen LogP contribution in [0.3, 0.4) is 0 Å². The van der Waals surface area contributed by atoms with Gasteiger partial charge in [-0.3, -0.25) is 9.59 Å². The number of phenols is 1. The molecule has 1 heterocycles. The summed E-state index contributed by atoms with van der Waals surface area (Å²) < 4.78 is 13.8. The third-order valence-electron chi connectivity index (χ3n) is 7.07. The Bertz CT molecular complexity index is 1380. The van der Waals surface area contributed by atoms with Gasteiger partial charge < -0.3 is 5.11 Å². The highest BCUT2D eigenvalue weighted by atomic mass is 35.5. The van der Waals surface area contributed by atoms with Crippen molar-refractivity contribution < 1.29 is 19.1 Å². The number of aromatic hydroxyl groups is 1. The SMILES string of the molecule is C=CC1=CC[C@H]2C(=O)N(c3ccc(F)c(Cl)c3)C(=O)[C@@]2(C)[C@H]1c1ccc(O)c2ccccc12. The largest absolute Gasteiger partial charge is 0.507 e. The van der Waals surface area contributed by atoms with Crippen LogP contribution in [0.25, 0.3) is 10.8 Å². The average Bonchev–Trinajstić information content (AvgIpc) is 3.01. The van der Waals surface area contributed by atoms with Gasteiger partial charge in [-0.25, -0.2) is 9.29 Å². The number of carbonyl (C=O) groups excluding carboxylic acids is 2. The number of anilines is 1. The maximum Gasteiger partial charge on any atom is 0.241 e. The highest BCUT2D eigenvalue weighted by Gasteiger charge is 2.62. The number of amides is 2. The molecule has 1 aliphatic carbocycles. The number of fused-ring (bicyclic) bond motifs is 2. The zero-order valence-corrected chi connectivity index (χ0v) is 18.6. The molecule has 1 aliphatic heterocycles. The first-order chi connectivity index (χ1) is 15.8. The topological polar surface area (TPSA) is 57.6 Å². The van der Waals surface area contributed by atoms with Gasteiger partial charge in [0.2, 0.25) is 11.8 Å². The molecule has 0 aromatic heterocycles. The minimum Gasteiger partial charge on any atom is -0.507 e. The van der Waals surface area contributed by atoms with Crippen molar-refractivity contribution >= 4 is 39.9 Å². The van der Waals surface area contributed by atoms with Crippen LogP contribution in [0.5, 0.6) is 5.75 Å². The second kappa shape index (κ2) is 7.56. The monoisotopic (exact) mass is 461 g/mol. The van der Waals surface area contributed by atoms with Gasteiger partial charge in [-0.15, -0.1) is 0 Å². The molecule has 0 spiro atoms. The lowest BCUT2D eigenvalue weighted by molar-refractivity contribution is -0.127. The Morgan fingerprint density at radius 1 is 1.15 bits per heavy atom. The molecule has 0 saturated carbocycles. The molecule has 3 aromatic rings. The van der Waals surface area contributed by atoms with E-state index in [1.54, 1.807) is 12.1 Å². The van der Waals surface area contributed by atoms with Crippen molar-refractivity contribution in [1.29, 1.82) is 0 Å². The molecule has 2 aliphatic rings. The van der Waals surface area contributed by atoms with Crippen LogP contribution in [-0.2, 0) is 9.59 Å². The van der Waals surface area contributed by atoms with Crippen LogP contribution in [0.2, 0.25) is 5.02 Å². The van der Waals surface area contributed by atoms with E-state index in [2.05, 4.69) is 6.58 Å². The van der Waals surface area contributed by atoms with Crippen LogP contribution < -0.4 is 4.90 Å². The van der Waals surface area contributed by atoms with Gasteiger partial charge in [0, 0.05) is 11.3 Å². The predicted octanol–water partition coefficient (Wildman–Crippen LogP) is 6.13. The number of halogens is 2. The van der Waals surface area contributed by atoms with Crippen LogP contribution in [0.15, 0.2) is 78.9 Å². The number of benzene rings is 3. The third kappa shape index (κ3) is 2.96.